The van der Waals surface area contributed by atoms with E-state index in [1.165, 1.54) is 77.0 Å². The molecule has 0 aliphatic rings. The zero-order chi connectivity index (χ0) is 24.3. The van der Waals surface area contributed by atoms with Crippen molar-refractivity contribution >= 4 is 0 Å². The van der Waals surface area contributed by atoms with Crippen molar-refractivity contribution in [1.29, 1.82) is 0 Å². The molecule has 0 unspecified atom stereocenters. The van der Waals surface area contributed by atoms with Gasteiger partial charge in [0.25, 0.3) is 5.95 Å². The zero-order valence-electron chi connectivity index (χ0n) is 21.6. The van der Waals surface area contributed by atoms with Crippen LogP contribution in [-0.4, -0.2) is 18.2 Å². The zero-order valence-corrected chi connectivity index (χ0v) is 21.6. The molecule has 0 N–H and O–H groups in total. The van der Waals surface area contributed by atoms with Crippen LogP contribution in [0.25, 0.3) is 11.3 Å². The van der Waals surface area contributed by atoms with Gasteiger partial charge in [0.1, 0.15) is 5.75 Å². The van der Waals surface area contributed by atoms with Gasteiger partial charge < -0.3 is 9.47 Å². The first-order valence-corrected chi connectivity index (χ1v) is 13.8. The van der Waals surface area contributed by atoms with Crippen LogP contribution in [0.2, 0.25) is 0 Å². The molecule has 0 amide bonds. The van der Waals surface area contributed by atoms with Crippen LogP contribution in [0, 0.1) is 5.95 Å². The van der Waals surface area contributed by atoms with Crippen molar-refractivity contribution in [1.82, 2.24) is 4.98 Å². The summed E-state index contributed by atoms with van der Waals surface area (Å²) >= 11 is 0. The molecule has 190 valence electrons. The van der Waals surface area contributed by atoms with Crippen LogP contribution in [0.5, 0.6) is 11.5 Å². The second-order valence-corrected chi connectivity index (χ2v) is 9.30. The smallest absolute Gasteiger partial charge is 0.255 e. The molecule has 2 aromatic rings. The highest BCUT2D eigenvalue weighted by atomic mass is 19.1. The minimum atomic E-state index is -0.544. The van der Waals surface area contributed by atoms with Crippen molar-refractivity contribution < 1.29 is 13.9 Å². The van der Waals surface area contributed by atoms with Crippen molar-refractivity contribution in [2.45, 2.75) is 110 Å². The molecule has 0 atom stereocenters. The first-order valence-electron chi connectivity index (χ1n) is 13.8. The fraction of sp³-hybridized carbons (Fsp3) is 0.633. The standard InChI is InChI=1S/C30H46FNO2/c1-3-5-7-9-10-11-12-13-15-17-25-34-29-23-22-28(32-30(29)31)26-18-20-27(21-19-26)33-24-16-14-8-6-4-2/h18-23H,3-17,24-25H2,1-2H3. The summed E-state index contributed by atoms with van der Waals surface area (Å²) in [7, 11) is 0. The Bertz CT molecular complexity index is 763. The van der Waals surface area contributed by atoms with E-state index in [1.807, 2.05) is 30.3 Å². The number of ether oxygens (including phenoxy) is 2. The first kappa shape index (κ1) is 28.1. The molecule has 0 radical (unpaired) electrons. The summed E-state index contributed by atoms with van der Waals surface area (Å²) in [5.41, 5.74) is 1.48. The summed E-state index contributed by atoms with van der Waals surface area (Å²) in [6.45, 7) is 5.75. The number of halogens is 1. The molecular formula is C30H46FNO2. The van der Waals surface area contributed by atoms with E-state index in [1.54, 1.807) is 6.07 Å². The molecule has 0 aliphatic carbocycles. The number of nitrogens with zero attached hydrogens (tertiary/aromatic N) is 1. The number of unbranched alkanes of at least 4 members (excludes halogenated alkanes) is 13. The van der Waals surface area contributed by atoms with Crippen molar-refractivity contribution in [2.24, 2.45) is 0 Å². The lowest BCUT2D eigenvalue weighted by Gasteiger charge is -2.09. The van der Waals surface area contributed by atoms with Gasteiger partial charge in [-0.25, -0.2) is 4.98 Å². The van der Waals surface area contributed by atoms with Crippen molar-refractivity contribution in [3.8, 4) is 22.8 Å². The highest BCUT2D eigenvalue weighted by molar-refractivity contribution is 5.60. The molecule has 1 aromatic heterocycles. The minimum Gasteiger partial charge on any atom is -0.494 e. The lowest BCUT2D eigenvalue weighted by molar-refractivity contribution is 0.286. The van der Waals surface area contributed by atoms with Gasteiger partial charge in [-0.05, 0) is 49.2 Å². The lowest BCUT2D eigenvalue weighted by Crippen LogP contribution is -2.01. The summed E-state index contributed by atoms with van der Waals surface area (Å²) in [5.74, 6) is 0.538. The van der Waals surface area contributed by atoms with E-state index in [4.69, 9.17) is 9.47 Å². The normalized spacial score (nSPS) is 11.0. The maximum Gasteiger partial charge on any atom is 0.255 e. The third kappa shape index (κ3) is 11.9. The van der Waals surface area contributed by atoms with Crippen LogP contribution in [0.15, 0.2) is 36.4 Å². The van der Waals surface area contributed by atoms with Crippen molar-refractivity contribution in [3.63, 3.8) is 0 Å². The third-order valence-corrected chi connectivity index (χ3v) is 6.24. The van der Waals surface area contributed by atoms with Gasteiger partial charge in [0.05, 0.1) is 18.9 Å². The molecule has 1 aromatic carbocycles. The maximum absolute atomic E-state index is 14.5. The maximum atomic E-state index is 14.5. The topological polar surface area (TPSA) is 31.4 Å². The second kappa shape index (κ2) is 18.3. The van der Waals surface area contributed by atoms with Crippen molar-refractivity contribution in [3.05, 3.63) is 42.3 Å². The average molecular weight is 472 g/mol. The van der Waals surface area contributed by atoms with Gasteiger partial charge in [0, 0.05) is 5.56 Å². The van der Waals surface area contributed by atoms with E-state index in [2.05, 4.69) is 18.8 Å². The molecule has 4 heteroatoms. The average Bonchev–Trinajstić information content (AvgIpc) is 2.86. The predicted molar refractivity (Wildman–Crippen MR) is 141 cm³/mol. The molecule has 0 spiro atoms. The lowest BCUT2D eigenvalue weighted by atomic mass is 10.1. The van der Waals surface area contributed by atoms with Crippen LogP contribution in [0.3, 0.4) is 0 Å². The summed E-state index contributed by atoms with van der Waals surface area (Å²) in [6.07, 6.45) is 18.8. The summed E-state index contributed by atoms with van der Waals surface area (Å²) in [5, 5.41) is 0. The Morgan fingerprint density at radius 1 is 0.588 bits per heavy atom. The number of hydrogen-bond acceptors (Lipinski definition) is 3. The molecule has 0 bridgehead atoms. The Hall–Kier alpha value is -2.10. The Labute approximate surface area is 207 Å². The highest BCUT2D eigenvalue weighted by Gasteiger charge is 2.08. The fourth-order valence-corrected chi connectivity index (χ4v) is 4.08. The number of aromatic nitrogens is 1. The van der Waals surface area contributed by atoms with E-state index in [0.29, 0.717) is 12.3 Å². The largest absolute Gasteiger partial charge is 0.494 e. The van der Waals surface area contributed by atoms with Crippen LogP contribution in [0.4, 0.5) is 4.39 Å². The molecule has 1 heterocycles. The van der Waals surface area contributed by atoms with Crippen LogP contribution >= 0.6 is 0 Å². The number of hydrogen-bond donors (Lipinski definition) is 0. The Morgan fingerprint density at radius 3 is 1.62 bits per heavy atom. The molecule has 3 nitrogen and oxygen atoms in total. The van der Waals surface area contributed by atoms with E-state index in [9.17, 15) is 4.39 Å². The molecule has 2 rings (SSSR count). The van der Waals surface area contributed by atoms with Crippen LogP contribution in [-0.2, 0) is 0 Å². The monoisotopic (exact) mass is 471 g/mol. The molecular weight excluding hydrogens is 425 g/mol. The van der Waals surface area contributed by atoms with Crippen LogP contribution in [0.1, 0.15) is 110 Å². The van der Waals surface area contributed by atoms with Gasteiger partial charge >= 0.3 is 0 Å². The summed E-state index contributed by atoms with van der Waals surface area (Å²) < 4.78 is 25.9. The van der Waals surface area contributed by atoms with Crippen LogP contribution < -0.4 is 9.47 Å². The minimum absolute atomic E-state index is 0.239. The Balaban J connectivity index is 1.63. The highest BCUT2D eigenvalue weighted by Crippen LogP contribution is 2.25. The van der Waals surface area contributed by atoms with Gasteiger partial charge in [-0.3, -0.25) is 0 Å². The quantitative estimate of drug-likeness (QED) is 0.142. The molecule has 0 saturated carbocycles. The Kier molecular flexibility index (Phi) is 15.1. The number of benzene rings is 1. The van der Waals surface area contributed by atoms with E-state index >= 15 is 0 Å². The molecule has 0 aliphatic heterocycles. The Morgan fingerprint density at radius 2 is 1.09 bits per heavy atom. The van der Waals surface area contributed by atoms with Gasteiger partial charge in [-0.2, -0.15) is 4.39 Å². The fourth-order valence-electron chi connectivity index (χ4n) is 4.08. The number of rotatable bonds is 20. The first-order chi connectivity index (χ1) is 16.7. The number of pyridine rings is 1. The van der Waals surface area contributed by atoms with Gasteiger partial charge in [-0.1, -0.05) is 97.3 Å². The molecule has 0 saturated heterocycles. The van der Waals surface area contributed by atoms with Gasteiger partial charge in [0.2, 0.25) is 0 Å². The SMILES string of the molecule is CCCCCCCCCCCCOc1ccc(-c2ccc(OCCCCCCC)cc2)nc1F. The van der Waals surface area contributed by atoms with E-state index in [-0.39, 0.29) is 5.75 Å². The predicted octanol–water partition coefficient (Wildman–Crippen LogP) is 9.54. The summed E-state index contributed by atoms with van der Waals surface area (Å²) in [4.78, 5) is 4.11. The molecule has 34 heavy (non-hydrogen) atoms. The summed E-state index contributed by atoms with van der Waals surface area (Å²) in [6, 6.07) is 11.2. The third-order valence-electron chi connectivity index (χ3n) is 6.24. The van der Waals surface area contributed by atoms with Crippen molar-refractivity contribution in [2.75, 3.05) is 13.2 Å². The second-order valence-electron chi connectivity index (χ2n) is 9.30. The van der Waals surface area contributed by atoms with E-state index in [0.717, 1.165) is 37.2 Å². The van der Waals surface area contributed by atoms with Gasteiger partial charge in [0.15, 0.2) is 5.75 Å². The molecule has 0 fully saturated rings. The van der Waals surface area contributed by atoms with E-state index < -0.39 is 5.95 Å². The van der Waals surface area contributed by atoms with Gasteiger partial charge in [-0.15, -0.1) is 0 Å².